The number of ether oxygens (including phenoxy) is 1. The van der Waals surface area contributed by atoms with Crippen LogP contribution in [0.2, 0.25) is 10.0 Å². The van der Waals surface area contributed by atoms with Crippen molar-refractivity contribution in [1.29, 1.82) is 0 Å². The molecule has 2 N–H and O–H groups in total. The average molecular weight is 543 g/mol. The van der Waals surface area contributed by atoms with E-state index in [2.05, 4.69) is 23.8 Å². The molecule has 0 saturated carbocycles. The summed E-state index contributed by atoms with van der Waals surface area (Å²) in [6, 6.07) is 11.0. The molecule has 0 aliphatic carbocycles. The van der Waals surface area contributed by atoms with Crippen molar-refractivity contribution in [3.8, 4) is 5.75 Å². The molecule has 0 aliphatic rings. The molecule has 1 amide bonds. The van der Waals surface area contributed by atoms with Crippen LogP contribution in [0.15, 0.2) is 72.7 Å². The van der Waals surface area contributed by atoms with Gasteiger partial charge < -0.3 is 15.4 Å². The highest BCUT2D eigenvalue weighted by atomic mass is 35.5. The lowest BCUT2D eigenvalue weighted by atomic mass is 10.3. The first-order chi connectivity index (χ1) is 16.2. The highest BCUT2D eigenvalue weighted by molar-refractivity contribution is 7.89. The van der Waals surface area contributed by atoms with Crippen molar-refractivity contribution in [3.05, 3.63) is 77.8 Å². The molecule has 0 aliphatic heterocycles. The quantitative estimate of drug-likeness (QED) is 0.222. The van der Waals surface area contributed by atoms with Gasteiger partial charge in [-0.25, -0.2) is 8.42 Å². The van der Waals surface area contributed by atoms with E-state index in [4.69, 9.17) is 40.2 Å². The Morgan fingerprint density at radius 2 is 1.74 bits per heavy atom. The Morgan fingerprint density at radius 3 is 2.32 bits per heavy atom. The Kier molecular flexibility index (Phi) is 11.0. The predicted molar refractivity (Wildman–Crippen MR) is 141 cm³/mol. The van der Waals surface area contributed by atoms with Crippen molar-refractivity contribution in [1.82, 2.24) is 9.62 Å². The molecule has 0 saturated heterocycles. The van der Waals surface area contributed by atoms with Gasteiger partial charge in [0.1, 0.15) is 5.75 Å². The first-order valence-electron chi connectivity index (χ1n) is 10.2. The number of nitrogens with one attached hydrogen (secondary N) is 2. The highest BCUT2D eigenvalue weighted by Gasteiger charge is 2.22. The van der Waals surface area contributed by atoms with Gasteiger partial charge in [0, 0.05) is 30.2 Å². The summed E-state index contributed by atoms with van der Waals surface area (Å²) < 4.78 is 32.3. The van der Waals surface area contributed by atoms with E-state index < -0.39 is 10.0 Å². The summed E-state index contributed by atoms with van der Waals surface area (Å²) in [6.07, 6.45) is 3.66. The second-order valence-electron chi connectivity index (χ2n) is 6.95. The monoisotopic (exact) mass is 541 g/mol. The second kappa shape index (κ2) is 13.5. The van der Waals surface area contributed by atoms with Crippen LogP contribution in [0.25, 0.3) is 0 Å². The number of halogens is 2. The van der Waals surface area contributed by atoms with Crippen LogP contribution in [-0.4, -0.2) is 43.4 Å². The maximum atomic E-state index is 12.7. The molecular formula is C23H25Cl2N3O4S2. The van der Waals surface area contributed by atoms with Crippen molar-refractivity contribution in [2.45, 2.75) is 17.7 Å². The molecule has 2 aromatic rings. The van der Waals surface area contributed by atoms with Crippen LogP contribution < -0.4 is 15.4 Å². The normalized spacial score (nSPS) is 11.0. The summed E-state index contributed by atoms with van der Waals surface area (Å²) in [6.45, 7) is 7.80. The van der Waals surface area contributed by atoms with E-state index in [1.807, 2.05) is 0 Å². The summed E-state index contributed by atoms with van der Waals surface area (Å²) in [5.41, 5.74) is 0.531. The van der Waals surface area contributed by atoms with Crippen LogP contribution in [0.3, 0.4) is 0 Å². The molecule has 34 heavy (non-hydrogen) atoms. The van der Waals surface area contributed by atoms with Crippen LogP contribution >= 0.6 is 35.4 Å². The van der Waals surface area contributed by atoms with E-state index in [1.165, 1.54) is 28.6 Å². The summed E-state index contributed by atoms with van der Waals surface area (Å²) in [5, 5.41) is 6.44. The molecule has 2 rings (SSSR count). The first-order valence-corrected chi connectivity index (χ1v) is 12.8. The lowest BCUT2D eigenvalue weighted by Gasteiger charge is -2.19. The summed E-state index contributed by atoms with van der Waals surface area (Å²) in [7, 11) is -3.69. The fraction of sp³-hybridized carbons (Fsp3) is 0.217. The molecule has 0 radical (unpaired) electrons. The minimum atomic E-state index is -3.69. The number of sulfonamides is 1. The van der Waals surface area contributed by atoms with Crippen LogP contribution in [0.1, 0.15) is 12.8 Å². The van der Waals surface area contributed by atoms with Crippen molar-refractivity contribution in [2.75, 3.05) is 25.0 Å². The van der Waals surface area contributed by atoms with Crippen LogP contribution in [0.5, 0.6) is 5.75 Å². The molecule has 182 valence electrons. The molecule has 0 spiro atoms. The zero-order valence-electron chi connectivity index (χ0n) is 18.3. The Hall–Kier alpha value is -2.43. The Morgan fingerprint density at radius 1 is 1.09 bits per heavy atom. The number of thiocarbonyl (C=S) groups is 1. The van der Waals surface area contributed by atoms with Gasteiger partial charge in [0.2, 0.25) is 15.9 Å². The van der Waals surface area contributed by atoms with E-state index in [9.17, 15) is 13.2 Å². The number of nitrogens with zero attached hydrogens (tertiary/aromatic N) is 1. The standard InChI is InChI=1S/C23H25Cl2N3O4S2/c1-3-13-28(14-4-2)34(30,31)19-10-8-18(9-11-19)26-23(33)27-22(29)6-5-15-32-21-12-7-17(24)16-20(21)25/h3-4,7-12,16H,1-2,5-6,13-15H2,(H2,26,27,29,33). The Balaban J connectivity index is 1.82. The SMILES string of the molecule is C=CCN(CC=C)S(=O)(=O)c1ccc(NC(=S)NC(=O)CCCOc2ccc(Cl)cc2Cl)cc1. The molecule has 11 heteroatoms. The van der Waals surface area contributed by atoms with Gasteiger partial charge in [-0.3, -0.25) is 4.79 Å². The maximum absolute atomic E-state index is 12.7. The lowest BCUT2D eigenvalue weighted by Crippen LogP contribution is -2.34. The van der Waals surface area contributed by atoms with E-state index in [1.54, 1.807) is 30.3 Å². The van der Waals surface area contributed by atoms with Crippen molar-refractivity contribution >= 4 is 62.2 Å². The number of hydrogen-bond acceptors (Lipinski definition) is 5. The topological polar surface area (TPSA) is 87.7 Å². The van der Waals surface area contributed by atoms with E-state index in [0.29, 0.717) is 34.5 Å². The zero-order chi connectivity index (χ0) is 25.1. The minimum Gasteiger partial charge on any atom is -0.492 e. The zero-order valence-corrected chi connectivity index (χ0v) is 21.4. The maximum Gasteiger partial charge on any atom is 0.243 e. The molecule has 0 fully saturated rings. The second-order valence-corrected chi connectivity index (χ2v) is 10.1. The smallest absolute Gasteiger partial charge is 0.243 e. The lowest BCUT2D eigenvalue weighted by molar-refractivity contribution is -0.119. The third kappa shape index (κ3) is 8.41. The number of hydrogen-bond donors (Lipinski definition) is 2. The number of carbonyl (C=O) groups is 1. The van der Waals surface area contributed by atoms with Gasteiger partial charge in [0.15, 0.2) is 5.11 Å². The molecule has 0 atom stereocenters. The fourth-order valence-corrected chi connectivity index (χ4v) is 4.85. The van der Waals surface area contributed by atoms with Crippen molar-refractivity contribution in [3.63, 3.8) is 0 Å². The minimum absolute atomic E-state index is 0.0993. The largest absolute Gasteiger partial charge is 0.492 e. The summed E-state index contributed by atoms with van der Waals surface area (Å²) in [5.74, 6) is 0.207. The third-order valence-corrected chi connectivity index (χ3v) is 6.95. The molecular weight excluding hydrogens is 517 g/mol. The first kappa shape index (κ1) is 27.8. The highest BCUT2D eigenvalue weighted by Crippen LogP contribution is 2.27. The van der Waals surface area contributed by atoms with E-state index in [-0.39, 0.29) is 35.4 Å². The number of amides is 1. The van der Waals surface area contributed by atoms with Crippen LogP contribution in [0, 0.1) is 0 Å². The molecule has 0 aromatic heterocycles. The van der Waals surface area contributed by atoms with Crippen molar-refractivity contribution < 1.29 is 17.9 Å². The van der Waals surface area contributed by atoms with E-state index >= 15 is 0 Å². The van der Waals surface area contributed by atoms with Crippen LogP contribution in [-0.2, 0) is 14.8 Å². The Bertz CT molecular complexity index is 1130. The summed E-state index contributed by atoms with van der Waals surface area (Å²) in [4.78, 5) is 12.2. The van der Waals surface area contributed by atoms with Gasteiger partial charge in [-0.05, 0) is 61.1 Å². The van der Waals surface area contributed by atoms with Crippen LogP contribution in [0.4, 0.5) is 5.69 Å². The molecule has 7 nitrogen and oxygen atoms in total. The van der Waals surface area contributed by atoms with Crippen molar-refractivity contribution in [2.24, 2.45) is 0 Å². The number of anilines is 1. The molecule has 2 aromatic carbocycles. The van der Waals surface area contributed by atoms with Gasteiger partial charge in [0.05, 0.1) is 16.5 Å². The van der Waals surface area contributed by atoms with Gasteiger partial charge in [-0.1, -0.05) is 35.4 Å². The number of rotatable bonds is 12. The average Bonchev–Trinajstić information content (AvgIpc) is 2.78. The molecule has 0 heterocycles. The summed E-state index contributed by atoms with van der Waals surface area (Å²) >= 11 is 17.0. The Labute approximate surface area is 215 Å². The van der Waals surface area contributed by atoms with E-state index in [0.717, 1.165) is 0 Å². The van der Waals surface area contributed by atoms with Gasteiger partial charge in [-0.15, -0.1) is 13.2 Å². The van der Waals surface area contributed by atoms with Gasteiger partial charge in [0.25, 0.3) is 0 Å². The fourth-order valence-electron chi connectivity index (χ4n) is 2.78. The number of carbonyl (C=O) groups excluding carboxylic acids is 1. The predicted octanol–water partition coefficient (Wildman–Crippen LogP) is 5.03. The van der Waals surface area contributed by atoms with Gasteiger partial charge in [-0.2, -0.15) is 4.31 Å². The van der Waals surface area contributed by atoms with Gasteiger partial charge >= 0.3 is 0 Å². The molecule has 0 unspecified atom stereocenters. The molecule has 0 bridgehead atoms. The number of benzene rings is 2. The third-order valence-electron chi connectivity index (χ3n) is 4.37.